The van der Waals surface area contributed by atoms with Crippen molar-refractivity contribution in [2.75, 3.05) is 6.79 Å². The molecule has 1 fully saturated rings. The standard InChI is InChI=1S/C24H22O6/c25-18(6-4-15-5-7-21-23(10-15)29-14-28-21)16-11-17-20(27)13-24(8-2-1-3-9-24)30-22(17)12-19(16)26/h4-7,10-12,26H,1-3,8-9,13-14H2/b6-4+. The van der Waals surface area contributed by atoms with Crippen LogP contribution in [0, 0.1) is 0 Å². The quantitative estimate of drug-likeness (QED) is 0.588. The first-order chi connectivity index (χ1) is 14.5. The molecule has 0 saturated heterocycles. The van der Waals surface area contributed by atoms with E-state index in [1.54, 1.807) is 18.2 Å². The predicted octanol–water partition coefficient (Wildman–Crippen LogP) is 4.69. The Morgan fingerprint density at radius 3 is 2.63 bits per heavy atom. The summed E-state index contributed by atoms with van der Waals surface area (Å²) < 4.78 is 16.8. The summed E-state index contributed by atoms with van der Waals surface area (Å²) in [6, 6.07) is 8.23. The summed E-state index contributed by atoms with van der Waals surface area (Å²) in [6.07, 6.45) is 8.25. The van der Waals surface area contributed by atoms with Crippen LogP contribution in [-0.4, -0.2) is 29.1 Å². The monoisotopic (exact) mass is 406 g/mol. The zero-order chi connectivity index (χ0) is 20.7. The van der Waals surface area contributed by atoms with E-state index in [2.05, 4.69) is 0 Å². The number of rotatable bonds is 3. The number of hydrogen-bond donors (Lipinski definition) is 1. The molecule has 5 rings (SSSR count). The van der Waals surface area contributed by atoms with E-state index in [0.29, 0.717) is 29.2 Å². The number of carbonyl (C=O) groups excluding carboxylic acids is 2. The summed E-state index contributed by atoms with van der Waals surface area (Å²) in [7, 11) is 0. The lowest BCUT2D eigenvalue weighted by atomic mass is 9.78. The number of Topliss-reactive ketones (excluding diaryl/α,β-unsaturated/α-hetero) is 1. The van der Waals surface area contributed by atoms with Gasteiger partial charge in [0.15, 0.2) is 23.1 Å². The molecule has 30 heavy (non-hydrogen) atoms. The predicted molar refractivity (Wildman–Crippen MR) is 109 cm³/mol. The van der Waals surface area contributed by atoms with Gasteiger partial charge in [-0.3, -0.25) is 9.59 Å². The third-order valence-electron chi connectivity index (χ3n) is 6.06. The third-order valence-corrected chi connectivity index (χ3v) is 6.06. The van der Waals surface area contributed by atoms with Crippen LogP contribution in [0.4, 0.5) is 0 Å². The van der Waals surface area contributed by atoms with Crippen molar-refractivity contribution in [1.29, 1.82) is 0 Å². The number of phenols is 1. The number of aromatic hydroxyl groups is 1. The Morgan fingerprint density at radius 1 is 1.00 bits per heavy atom. The summed E-state index contributed by atoms with van der Waals surface area (Å²) in [6.45, 7) is 0.182. The van der Waals surface area contributed by atoms with Gasteiger partial charge >= 0.3 is 0 Å². The molecule has 0 radical (unpaired) electrons. The summed E-state index contributed by atoms with van der Waals surface area (Å²) in [5.41, 5.74) is 0.759. The number of ether oxygens (including phenoxy) is 3. The largest absolute Gasteiger partial charge is 0.507 e. The molecule has 0 aromatic heterocycles. The maximum Gasteiger partial charge on any atom is 0.231 e. The Morgan fingerprint density at radius 2 is 1.80 bits per heavy atom. The van der Waals surface area contributed by atoms with E-state index in [1.165, 1.54) is 18.2 Å². The highest BCUT2D eigenvalue weighted by atomic mass is 16.7. The van der Waals surface area contributed by atoms with Gasteiger partial charge < -0.3 is 19.3 Å². The average Bonchev–Trinajstić information content (AvgIpc) is 3.20. The molecule has 154 valence electrons. The fourth-order valence-electron chi connectivity index (χ4n) is 4.48. The van der Waals surface area contributed by atoms with Gasteiger partial charge in [-0.1, -0.05) is 18.6 Å². The minimum absolute atomic E-state index is 0.0352. The molecule has 0 atom stereocenters. The molecule has 2 heterocycles. The van der Waals surface area contributed by atoms with Crippen LogP contribution in [0.5, 0.6) is 23.0 Å². The van der Waals surface area contributed by atoms with Gasteiger partial charge in [0.1, 0.15) is 17.1 Å². The molecule has 2 aromatic rings. The Labute approximate surface area is 174 Å². The molecular weight excluding hydrogens is 384 g/mol. The lowest BCUT2D eigenvalue weighted by Crippen LogP contribution is -2.43. The molecule has 1 saturated carbocycles. The minimum Gasteiger partial charge on any atom is -0.507 e. The van der Waals surface area contributed by atoms with Crippen molar-refractivity contribution in [3.05, 3.63) is 53.1 Å². The van der Waals surface area contributed by atoms with Gasteiger partial charge in [-0.25, -0.2) is 0 Å². The van der Waals surface area contributed by atoms with Crippen LogP contribution in [0.25, 0.3) is 6.08 Å². The Kier molecular flexibility index (Phi) is 4.50. The van der Waals surface area contributed by atoms with Crippen molar-refractivity contribution in [2.45, 2.75) is 44.1 Å². The molecule has 2 aromatic carbocycles. The number of ketones is 2. The molecule has 1 aliphatic carbocycles. The van der Waals surface area contributed by atoms with Crippen molar-refractivity contribution in [3.63, 3.8) is 0 Å². The Hall–Kier alpha value is -3.28. The van der Waals surface area contributed by atoms with Gasteiger partial charge in [0.05, 0.1) is 17.5 Å². The fraction of sp³-hybridized carbons (Fsp3) is 0.333. The molecule has 0 amide bonds. The molecule has 6 heteroatoms. The second-order valence-corrected chi connectivity index (χ2v) is 8.12. The first-order valence-corrected chi connectivity index (χ1v) is 10.2. The second-order valence-electron chi connectivity index (χ2n) is 8.12. The van der Waals surface area contributed by atoms with Crippen LogP contribution in [0.2, 0.25) is 0 Å². The third kappa shape index (κ3) is 3.32. The summed E-state index contributed by atoms with van der Waals surface area (Å²) in [5.74, 6) is 1.06. The van der Waals surface area contributed by atoms with E-state index < -0.39 is 11.4 Å². The minimum atomic E-state index is -0.459. The highest BCUT2D eigenvalue weighted by Crippen LogP contribution is 2.43. The van der Waals surface area contributed by atoms with E-state index in [-0.39, 0.29) is 23.9 Å². The number of allylic oxidation sites excluding steroid dienone is 1. The second kappa shape index (κ2) is 7.20. The van der Waals surface area contributed by atoms with Crippen LogP contribution >= 0.6 is 0 Å². The van der Waals surface area contributed by atoms with Crippen LogP contribution in [-0.2, 0) is 0 Å². The van der Waals surface area contributed by atoms with Gasteiger partial charge in [0, 0.05) is 6.07 Å². The number of carbonyl (C=O) groups is 2. The topological polar surface area (TPSA) is 82.1 Å². The molecular formula is C24H22O6. The van der Waals surface area contributed by atoms with E-state index >= 15 is 0 Å². The summed E-state index contributed by atoms with van der Waals surface area (Å²) in [4.78, 5) is 25.5. The van der Waals surface area contributed by atoms with Crippen LogP contribution in [0.1, 0.15) is 64.8 Å². The van der Waals surface area contributed by atoms with E-state index in [0.717, 1.165) is 37.7 Å². The number of phenolic OH excluding ortho intramolecular Hbond substituents is 1. The summed E-state index contributed by atoms with van der Waals surface area (Å²) in [5, 5.41) is 10.5. The van der Waals surface area contributed by atoms with Crippen LogP contribution < -0.4 is 14.2 Å². The molecule has 0 bridgehead atoms. The number of hydrogen-bond acceptors (Lipinski definition) is 6. The van der Waals surface area contributed by atoms with Crippen molar-refractivity contribution >= 4 is 17.6 Å². The van der Waals surface area contributed by atoms with E-state index in [4.69, 9.17) is 14.2 Å². The molecule has 6 nitrogen and oxygen atoms in total. The van der Waals surface area contributed by atoms with E-state index in [9.17, 15) is 14.7 Å². The Bertz CT molecular complexity index is 1060. The SMILES string of the molecule is O=C(/C=C/c1ccc2c(c1)OCO2)c1cc2c(cc1O)OC1(CCCCC1)CC2=O. The highest BCUT2D eigenvalue weighted by molar-refractivity contribution is 6.11. The van der Waals surface area contributed by atoms with Crippen molar-refractivity contribution in [2.24, 2.45) is 0 Å². The molecule has 3 aliphatic rings. The first-order valence-electron chi connectivity index (χ1n) is 10.2. The van der Waals surface area contributed by atoms with Gasteiger partial charge in [0.2, 0.25) is 6.79 Å². The van der Waals surface area contributed by atoms with Crippen molar-refractivity contribution < 1.29 is 28.9 Å². The molecule has 2 aliphatic heterocycles. The number of benzene rings is 2. The lowest BCUT2D eigenvalue weighted by molar-refractivity contribution is 0.0135. The van der Waals surface area contributed by atoms with Gasteiger partial charge in [-0.2, -0.15) is 0 Å². The fourth-order valence-corrected chi connectivity index (χ4v) is 4.48. The maximum absolute atomic E-state index is 12.8. The van der Waals surface area contributed by atoms with Crippen LogP contribution in [0.3, 0.4) is 0 Å². The zero-order valence-electron chi connectivity index (χ0n) is 16.5. The smallest absolute Gasteiger partial charge is 0.231 e. The van der Waals surface area contributed by atoms with Gasteiger partial charge in [0.25, 0.3) is 0 Å². The number of fused-ring (bicyclic) bond motifs is 2. The summed E-state index contributed by atoms with van der Waals surface area (Å²) >= 11 is 0. The van der Waals surface area contributed by atoms with E-state index in [1.807, 2.05) is 6.07 Å². The average molecular weight is 406 g/mol. The maximum atomic E-state index is 12.8. The molecule has 1 spiro atoms. The van der Waals surface area contributed by atoms with Crippen molar-refractivity contribution in [1.82, 2.24) is 0 Å². The van der Waals surface area contributed by atoms with Gasteiger partial charge in [-0.05, 0) is 55.5 Å². The lowest BCUT2D eigenvalue weighted by Gasteiger charge is -2.40. The molecule has 0 unspecified atom stereocenters. The first kappa shape index (κ1) is 18.7. The highest BCUT2D eigenvalue weighted by Gasteiger charge is 2.41. The zero-order valence-corrected chi connectivity index (χ0v) is 16.5. The van der Waals surface area contributed by atoms with Crippen molar-refractivity contribution in [3.8, 4) is 23.0 Å². The Balaban J connectivity index is 1.40. The van der Waals surface area contributed by atoms with Crippen LogP contribution in [0.15, 0.2) is 36.4 Å². The normalized spacial score (nSPS) is 19.0. The molecule has 1 N–H and O–H groups in total. The van der Waals surface area contributed by atoms with Gasteiger partial charge in [-0.15, -0.1) is 0 Å².